The third-order valence-corrected chi connectivity index (χ3v) is 6.03. The van der Waals surface area contributed by atoms with E-state index in [2.05, 4.69) is 0 Å². The molecule has 2 rings (SSSR count). The molecule has 3 unspecified atom stereocenters. The summed E-state index contributed by atoms with van der Waals surface area (Å²) < 4.78 is 30.9. The van der Waals surface area contributed by atoms with E-state index < -0.39 is 10.0 Å². The van der Waals surface area contributed by atoms with E-state index in [-0.39, 0.29) is 30.4 Å². The lowest BCUT2D eigenvalue weighted by atomic mass is 9.95. The van der Waals surface area contributed by atoms with Crippen LogP contribution in [0, 0.1) is 5.92 Å². The van der Waals surface area contributed by atoms with Crippen molar-refractivity contribution in [1.29, 1.82) is 0 Å². The summed E-state index contributed by atoms with van der Waals surface area (Å²) >= 11 is 0. The van der Waals surface area contributed by atoms with Crippen LogP contribution in [0.25, 0.3) is 0 Å². The number of methoxy groups -OCH3 is 1. The van der Waals surface area contributed by atoms with E-state index in [1.807, 2.05) is 0 Å². The molecule has 1 saturated carbocycles. The summed E-state index contributed by atoms with van der Waals surface area (Å²) in [5.41, 5.74) is 0. The summed E-state index contributed by atoms with van der Waals surface area (Å²) in [6.07, 6.45) is 4.23. The molecule has 5 nitrogen and oxygen atoms in total. The zero-order valence-corrected chi connectivity index (χ0v) is 11.7. The lowest BCUT2D eigenvalue weighted by Crippen LogP contribution is -2.43. The van der Waals surface area contributed by atoms with Crippen LogP contribution in [0.15, 0.2) is 0 Å². The van der Waals surface area contributed by atoms with E-state index in [9.17, 15) is 13.5 Å². The Bertz CT molecular complexity index is 370. The van der Waals surface area contributed by atoms with Crippen LogP contribution in [0.4, 0.5) is 0 Å². The fourth-order valence-electron chi connectivity index (χ4n) is 3.26. The number of aliphatic hydroxyl groups is 1. The number of sulfonamides is 1. The second-order valence-corrected chi connectivity index (χ2v) is 7.33. The normalized spacial score (nSPS) is 34.2. The van der Waals surface area contributed by atoms with Crippen LogP contribution in [-0.4, -0.2) is 56.0 Å². The molecule has 6 heteroatoms. The molecular weight excluding hydrogens is 254 g/mol. The van der Waals surface area contributed by atoms with Crippen LogP contribution >= 0.6 is 0 Å². The summed E-state index contributed by atoms with van der Waals surface area (Å²) in [6.45, 7) is 0.832. The Labute approximate surface area is 109 Å². The molecule has 0 aromatic rings. The van der Waals surface area contributed by atoms with E-state index in [1.165, 1.54) is 7.11 Å². The second-order valence-electron chi connectivity index (χ2n) is 5.29. The van der Waals surface area contributed by atoms with Crippen LogP contribution in [-0.2, 0) is 14.8 Å². The van der Waals surface area contributed by atoms with Gasteiger partial charge in [0.05, 0.1) is 18.5 Å². The van der Waals surface area contributed by atoms with Gasteiger partial charge in [-0.3, -0.25) is 0 Å². The van der Waals surface area contributed by atoms with Crippen LogP contribution < -0.4 is 0 Å². The largest absolute Gasteiger partial charge is 0.393 e. The molecule has 0 bridgehead atoms. The Kier molecular flexibility index (Phi) is 4.64. The first-order chi connectivity index (χ1) is 8.56. The van der Waals surface area contributed by atoms with Crippen molar-refractivity contribution >= 4 is 10.0 Å². The van der Waals surface area contributed by atoms with Gasteiger partial charge in [-0.15, -0.1) is 0 Å². The molecule has 2 aliphatic rings. The van der Waals surface area contributed by atoms with Crippen LogP contribution in [0.2, 0.25) is 0 Å². The Morgan fingerprint density at radius 1 is 1.28 bits per heavy atom. The van der Waals surface area contributed by atoms with E-state index in [4.69, 9.17) is 4.74 Å². The Morgan fingerprint density at radius 3 is 2.67 bits per heavy atom. The quantitative estimate of drug-likeness (QED) is 0.798. The lowest BCUT2D eigenvalue weighted by molar-refractivity contribution is 0.0972. The minimum atomic E-state index is -3.23. The summed E-state index contributed by atoms with van der Waals surface area (Å²) in [5.74, 6) is 0.174. The van der Waals surface area contributed by atoms with E-state index >= 15 is 0 Å². The fourth-order valence-corrected chi connectivity index (χ4v) is 4.96. The van der Waals surface area contributed by atoms with Crippen LogP contribution in [0.5, 0.6) is 0 Å². The minimum Gasteiger partial charge on any atom is -0.393 e. The number of rotatable bonds is 5. The molecular formula is C12H23NO4S. The molecule has 0 aromatic carbocycles. The van der Waals surface area contributed by atoms with Gasteiger partial charge in [-0.2, -0.15) is 4.31 Å². The average Bonchev–Trinajstić information content (AvgIpc) is 2.94. The van der Waals surface area contributed by atoms with Crippen molar-refractivity contribution < 1.29 is 18.3 Å². The molecule has 1 N–H and O–H groups in total. The van der Waals surface area contributed by atoms with Gasteiger partial charge in [-0.25, -0.2) is 8.42 Å². The van der Waals surface area contributed by atoms with Gasteiger partial charge < -0.3 is 9.84 Å². The standard InChI is InChI=1S/C12H23NO4S/c1-17-8-9-18(15,16)13-7-3-5-11(13)10-4-2-6-12(10)14/h10-12,14H,2-9H2,1H3. The highest BCUT2D eigenvalue weighted by Crippen LogP contribution is 2.37. The first-order valence-corrected chi connectivity index (χ1v) is 8.33. The zero-order chi connectivity index (χ0) is 13.2. The van der Waals surface area contributed by atoms with E-state index in [0.29, 0.717) is 6.54 Å². The fraction of sp³-hybridized carbons (Fsp3) is 1.00. The zero-order valence-electron chi connectivity index (χ0n) is 10.9. The maximum absolute atomic E-state index is 12.2. The summed E-state index contributed by atoms with van der Waals surface area (Å²) in [4.78, 5) is 0. The highest BCUT2D eigenvalue weighted by Gasteiger charge is 2.42. The van der Waals surface area contributed by atoms with Crippen molar-refractivity contribution in [3.8, 4) is 0 Å². The van der Waals surface area contributed by atoms with Crippen molar-refractivity contribution in [2.24, 2.45) is 5.92 Å². The molecule has 1 aliphatic heterocycles. The van der Waals surface area contributed by atoms with Crippen molar-refractivity contribution in [3.63, 3.8) is 0 Å². The molecule has 1 saturated heterocycles. The number of hydrogen-bond donors (Lipinski definition) is 1. The van der Waals surface area contributed by atoms with Crippen molar-refractivity contribution in [3.05, 3.63) is 0 Å². The molecule has 18 heavy (non-hydrogen) atoms. The topological polar surface area (TPSA) is 66.8 Å². The highest BCUT2D eigenvalue weighted by molar-refractivity contribution is 7.89. The highest BCUT2D eigenvalue weighted by atomic mass is 32.2. The summed E-state index contributed by atoms with van der Waals surface area (Å²) in [6, 6.07) is 0.00403. The van der Waals surface area contributed by atoms with Gasteiger partial charge in [-0.1, -0.05) is 6.42 Å². The number of aliphatic hydroxyl groups excluding tert-OH is 1. The molecule has 0 amide bonds. The first-order valence-electron chi connectivity index (χ1n) is 6.73. The van der Waals surface area contributed by atoms with Crippen LogP contribution in [0.1, 0.15) is 32.1 Å². The second kappa shape index (κ2) is 5.86. The molecule has 106 valence electrons. The monoisotopic (exact) mass is 277 g/mol. The number of hydrogen-bond acceptors (Lipinski definition) is 4. The van der Waals surface area contributed by atoms with Crippen molar-refractivity contribution in [2.75, 3.05) is 26.0 Å². The van der Waals surface area contributed by atoms with Gasteiger partial charge in [0.1, 0.15) is 0 Å². The van der Waals surface area contributed by atoms with E-state index in [1.54, 1.807) is 4.31 Å². The Hall–Kier alpha value is -0.170. The third-order valence-electron chi connectivity index (χ3n) is 4.18. The number of ether oxygens (including phenoxy) is 1. The Balaban J connectivity index is 2.07. The van der Waals surface area contributed by atoms with Crippen molar-refractivity contribution in [2.45, 2.75) is 44.2 Å². The minimum absolute atomic E-state index is 0.00403. The molecule has 0 spiro atoms. The predicted molar refractivity (Wildman–Crippen MR) is 68.7 cm³/mol. The molecule has 2 fully saturated rings. The van der Waals surface area contributed by atoms with E-state index in [0.717, 1.165) is 32.1 Å². The maximum Gasteiger partial charge on any atom is 0.216 e. The summed E-state index contributed by atoms with van der Waals surface area (Å²) in [5, 5.41) is 9.96. The molecule has 1 heterocycles. The van der Waals surface area contributed by atoms with Gasteiger partial charge in [0.2, 0.25) is 10.0 Å². The molecule has 1 aliphatic carbocycles. The molecule has 0 aromatic heterocycles. The first kappa shape index (κ1) is 14.2. The van der Waals surface area contributed by atoms with Gasteiger partial charge >= 0.3 is 0 Å². The van der Waals surface area contributed by atoms with Gasteiger partial charge in [0.25, 0.3) is 0 Å². The SMILES string of the molecule is COCCS(=O)(=O)N1CCCC1C1CCCC1O. The van der Waals surface area contributed by atoms with Crippen molar-refractivity contribution in [1.82, 2.24) is 4.31 Å². The molecule has 3 atom stereocenters. The lowest BCUT2D eigenvalue weighted by Gasteiger charge is -2.30. The predicted octanol–water partition coefficient (Wildman–Crippen LogP) is 0.588. The van der Waals surface area contributed by atoms with Gasteiger partial charge in [-0.05, 0) is 25.7 Å². The van der Waals surface area contributed by atoms with Gasteiger partial charge in [0, 0.05) is 25.6 Å². The third kappa shape index (κ3) is 2.87. The smallest absolute Gasteiger partial charge is 0.216 e. The van der Waals surface area contributed by atoms with Gasteiger partial charge in [0.15, 0.2) is 0 Å². The number of nitrogens with zero attached hydrogens (tertiary/aromatic N) is 1. The molecule has 0 radical (unpaired) electrons. The summed E-state index contributed by atoms with van der Waals surface area (Å²) in [7, 11) is -1.72. The Morgan fingerprint density at radius 2 is 2.06 bits per heavy atom. The maximum atomic E-state index is 12.2. The van der Waals surface area contributed by atoms with Crippen LogP contribution in [0.3, 0.4) is 0 Å². The average molecular weight is 277 g/mol.